The molecule has 20 heavy (non-hydrogen) atoms. The van der Waals surface area contributed by atoms with E-state index in [0.29, 0.717) is 21.3 Å². The molecule has 0 saturated heterocycles. The van der Waals surface area contributed by atoms with Gasteiger partial charge in [-0.2, -0.15) is 10.3 Å². The fraction of sp³-hybridized carbons (Fsp3) is 0.154. The Bertz CT molecular complexity index is 781. The van der Waals surface area contributed by atoms with Gasteiger partial charge in [0.05, 0.1) is 11.3 Å². The second-order valence-electron chi connectivity index (χ2n) is 4.00. The number of carbonyl (C=O) groups excluding carboxylic acids is 1. The average molecular weight is 291 g/mol. The summed E-state index contributed by atoms with van der Waals surface area (Å²) in [7, 11) is 0. The quantitative estimate of drug-likeness (QED) is 0.753. The van der Waals surface area contributed by atoms with Gasteiger partial charge in [0.25, 0.3) is 0 Å². The predicted octanol–water partition coefficient (Wildman–Crippen LogP) is 3.00. The molecule has 7 heteroatoms. The number of fused-ring (bicyclic) bond motifs is 1. The fourth-order valence-electron chi connectivity index (χ4n) is 2.00. The number of hydrogen-bond acceptors (Lipinski definition) is 5. The molecule has 0 unspecified atom stereocenters. The molecule has 5 nitrogen and oxygen atoms in total. The standard InChI is InChI=1S/C13H10FN3O2S/c1-2-19-13(18)11-10(15-17-16-11)7-3-4-9(14)12-8(7)5-6-20-12/h3-6H,2H2,1H3,(H,15,16,17). The SMILES string of the molecule is CCOC(=O)c1n[nH]nc1-c1ccc(F)c2sccc12. The molecule has 0 aliphatic heterocycles. The van der Waals surface area contributed by atoms with Crippen molar-refractivity contribution in [3.63, 3.8) is 0 Å². The van der Waals surface area contributed by atoms with Crippen molar-refractivity contribution in [2.75, 3.05) is 6.61 Å². The van der Waals surface area contributed by atoms with Crippen molar-refractivity contribution in [2.24, 2.45) is 0 Å². The van der Waals surface area contributed by atoms with Crippen LogP contribution in [0.5, 0.6) is 0 Å². The third-order valence-corrected chi connectivity index (χ3v) is 3.76. The molecule has 0 saturated carbocycles. The Balaban J connectivity index is 2.17. The molecule has 0 bridgehead atoms. The van der Waals surface area contributed by atoms with Crippen molar-refractivity contribution in [2.45, 2.75) is 6.92 Å². The number of halogens is 1. The zero-order valence-corrected chi connectivity index (χ0v) is 11.3. The van der Waals surface area contributed by atoms with Gasteiger partial charge >= 0.3 is 5.97 Å². The van der Waals surface area contributed by atoms with Crippen LogP contribution in [0.25, 0.3) is 21.3 Å². The number of thiophene rings is 1. The lowest BCUT2D eigenvalue weighted by Gasteiger charge is -2.03. The lowest BCUT2D eigenvalue weighted by atomic mass is 10.1. The van der Waals surface area contributed by atoms with Gasteiger partial charge in [-0.05, 0) is 30.5 Å². The Morgan fingerprint density at radius 2 is 2.25 bits per heavy atom. The maximum absolute atomic E-state index is 13.7. The fourth-order valence-corrected chi connectivity index (χ4v) is 2.82. The van der Waals surface area contributed by atoms with Gasteiger partial charge in [-0.3, -0.25) is 0 Å². The zero-order valence-electron chi connectivity index (χ0n) is 10.5. The average Bonchev–Trinajstić information content (AvgIpc) is 3.08. The number of ether oxygens (including phenoxy) is 1. The Morgan fingerprint density at radius 1 is 1.40 bits per heavy atom. The molecule has 2 heterocycles. The Labute approximate surface area is 117 Å². The number of H-pyrrole nitrogens is 1. The smallest absolute Gasteiger partial charge is 0.361 e. The number of rotatable bonds is 3. The maximum Gasteiger partial charge on any atom is 0.361 e. The first-order valence-corrected chi connectivity index (χ1v) is 6.84. The number of aromatic nitrogens is 3. The number of hydrogen-bond donors (Lipinski definition) is 1. The molecule has 0 radical (unpaired) electrons. The van der Waals surface area contributed by atoms with E-state index in [1.54, 1.807) is 24.4 Å². The number of aromatic amines is 1. The normalized spacial score (nSPS) is 10.9. The van der Waals surface area contributed by atoms with E-state index in [4.69, 9.17) is 4.74 Å². The van der Waals surface area contributed by atoms with Crippen LogP contribution >= 0.6 is 11.3 Å². The van der Waals surface area contributed by atoms with E-state index in [-0.39, 0.29) is 18.1 Å². The van der Waals surface area contributed by atoms with Crippen LogP contribution in [0.3, 0.4) is 0 Å². The summed E-state index contributed by atoms with van der Waals surface area (Å²) in [6.45, 7) is 1.97. The molecule has 0 aliphatic carbocycles. The van der Waals surface area contributed by atoms with Gasteiger partial charge in [0.1, 0.15) is 11.5 Å². The lowest BCUT2D eigenvalue weighted by molar-refractivity contribution is 0.0520. The first-order chi connectivity index (χ1) is 9.72. The Morgan fingerprint density at radius 3 is 3.05 bits per heavy atom. The molecule has 0 atom stereocenters. The lowest BCUT2D eigenvalue weighted by Crippen LogP contribution is -2.06. The summed E-state index contributed by atoms with van der Waals surface area (Å²) in [5.74, 6) is -0.844. The minimum Gasteiger partial charge on any atom is -0.461 e. The van der Waals surface area contributed by atoms with Gasteiger partial charge in [0.15, 0.2) is 5.69 Å². The van der Waals surface area contributed by atoms with E-state index in [9.17, 15) is 9.18 Å². The Kier molecular flexibility index (Phi) is 3.19. The van der Waals surface area contributed by atoms with Crippen LogP contribution in [0.2, 0.25) is 0 Å². The molecular formula is C13H10FN3O2S. The van der Waals surface area contributed by atoms with Crippen LogP contribution in [0.1, 0.15) is 17.4 Å². The van der Waals surface area contributed by atoms with Gasteiger partial charge in [-0.15, -0.1) is 16.4 Å². The number of nitrogens with one attached hydrogen (secondary N) is 1. The van der Waals surface area contributed by atoms with Crippen molar-refractivity contribution in [3.05, 3.63) is 35.1 Å². The van der Waals surface area contributed by atoms with Crippen molar-refractivity contribution in [3.8, 4) is 11.3 Å². The second kappa shape index (κ2) is 5.01. The molecule has 102 valence electrons. The van der Waals surface area contributed by atoms with Crippen molar-refractivity contribution >= 4 is 27.4 Å². The summed E-state index contributed by atoms with van der Waals surface area (Å²) in [6.07, 6.45) is 0. The summed E-state index contributed by atoms with van der Waals surface area (Å²) in [4.78, 5) is 11.8. The van der Waals surface area contributed by atoms with Crippen LogP contribution in [0, 0.1) is 5.82 Å². The third-order valence-electron chi connectivity index (χ3n) is 2.84. The van der Waals surface area contributed by atoms with E-state index in [1.165, 1.54) is 17.4 Å². The highest BCUT2D eigenvalue weighted by atomic mass is 32.1. The Hall–Kier alpha value is -2.28. The predicted molar refractivity (Wildman–Crippen MR) is 73.1 cm³/mol. The second-order valence-corrected chi connectivity index (χ2v) is 4.92. The molecule has 0 amide bonds. The topological polar surface area (TPSA) is 67.9 Å². The summed E-state index contributed by atoms with van der Waals surface area (Å²) in [5.41, 5.74) is 1.12. The van der Waals surface area contributed by atoms with E-state index in [0.717, 1.165) is 0 Å². The van der Waals surface area contributed by atoms with Crippen molar-refractivity contribution < 1.29 is 13.9 Å². The first kappa shape index (κ1) is 12.7. The highest BCUT2D eigenvalue weighted by Gasteiger charge is 2.21. The highest BCUT2D eigenvalue weighted by Crippen LogP contribution is 2.33. The van der Waals surface area contributed by atoms with Crippen molar-refractivity contribution in [1.82, 2.24) is 15.4 Å². The van der Waals surface area contributed by atoms with Crippen LogP contribution in [0.15, 0.2) is 23.6 Å². The molecular weight excluding hydrogens is 281 g/mol. The third kappa shape index (κ3) is 1.96. The molecule has 0 spiro atoms. The molecule has 2 aromatic heterocycles. The molecule has 1 N–H and O–H groups in total. The number of nitrogens with zero attached hydrogens (tertiary/aromatic N) is 2. The highest BCUT2D eigenvalue weighted by molar-refractivity contribution is 7.17. The largest absolute Gasteiger partial charge is 0.461 e. The van der Waals surface area contributed by atoms with Crippen LogP contribution in [0.4, 0.5) is 4.39 Å². The van der Waals surface area contributed by atoms with Gasteiger partial charge < -0.3 is 4.74 Å². The molecule has 3 rings (SSSR count). The van der Waals surface area contributed by atoms with Crippen LogP contribution in [-0.4, -0.2) is 28.0 Å². The molecule has 0 fully saturated rings. The molecule has 1 aromatic carbocycles. The minimum atomic E-state index is -0.552. The number of carbonyl (C=O) groups is 1. The maximum atomic E-state index is 13.7. The monoisotopic (exact) mass is 291 g/mol. The summed E-state index contributed by atoms with van der Waals surface area (Å²) < 4.78 is 19.2. The van der Waals surface area contributed by atoms with Gasteiger partial charge in [0, 0.05) is 10.9 Å². The van der Waals surface area contributed by atoms with Crippen LogP contribution in [-0.2, 0) is 4.74 Å². The molecule has 3 aromatic rings. The van der Waals surface area contributed by atoms with Gasteiger partial charge in [0.2, 0.25) is 0 Å². The van der Waals surface area contributed by atoms with Gasteiger partial charge in [-0.1, -0.05) is 0 Å². The first-order valence-electron chi connectivity index (χ1n) is 5.96. The van der Waals surface area contributed by atoms with E-state index >= 15 is 0 Å². The van der Waals surface area contributed by atoms with Crippen molar-refractivity contribution in [1.29, 1.82) is 0 Å². The summed E-state index contributed by atoms with van der Waals surface area (Å²) in [5, 5.41) is 12.7. The van der Waals surface area contributed by atoms with E-state index < -0.39 is 5.97 Å². The van der Waals surface area contributed by atoms with Crippen LogP contribution < -0.4 is 0 Å². The number of esters is 1. The summed E-state index contributed by atoms with van der Waals surface area (Å²) in [6, 6.07) is 4.74. The van der Waals surface area contributed by atoms with Gasteiger partial charge in [-0.25, -0.2) is 9.18 Å². The minimum absolute atomic E-state index is 0.103. The molecule has 0 aliphatic rings. The summed E-state index contributed by atoms with van der Waals surface area (Å²) >= 11 is 1.30. The zero-order chi connectivity index (χ0) is 14.1. The van der Waals surface area contributed by atoms with E-state index in [2.05, 4.69) is 15.4 Å². The van der Waals surface area contributed by atoms with E-state index in [1.807, 2.05) is 0 Å². The number of benzene rings is 1.